The summed E-state index contributed by atoms with van der Waals surface area (Å²) < 4.78 is 0. The topological polar surface area (TPSA) is 26.0 Å². The second-order valence-electron chi connectivity index (χ2n) is 2.94. The molecule has 0 radical (unpaired) electrons. The van der Waals surface area contributed by atoms with E-state index < -0.39 is 0 Å². The quantitative estimate of drug-likeness (QED) is 0.566. The molecule has 0 aliphatic heterocycles. The van der Waals surface area contributed by atoms with Gasteiger partial charge < -0.3 is 5.73 Å². The van der Waals surface area contributed by atoms with Gasteiger partial charge in [-0.1, -0.05) is 18.2 Å². The average Bonchev–Trinajstić information content (AvgIpc) is 2.08. The third-order valence-electron chi connectivity index (χ3n) is 1.99. The third-order valence-corrected chi connectivity index (χ3v) is 2.26. The monoisotopic (exact) mass is 183 g/mol. The number of halogens is 1. The summed E-state index contributed by atoms with van der Waals surface area (Å²) in [7, 11) is 0. The second-order valence-corrected chi connectivity index (χ2v) is 3.32. The van der Waals surface area contributed by atoms with Gasteiger partial charge in [0.25, 0.3) is 0 Å². The number of hydrogen-bond donors (Lipinski definition) is 1. The molecule has 0 amide bonds. The number of alkyl halides is 1. The van der Waals surface area contributed by atoms with E-state index in [4.69, 9.17) is 17.3 Å². The molecule has 0 heterocycles. The Morgan fingerprint density at radius 2 is 2.17 bits per heavy atom. The Balaban J connectivity index is 2.78. The molecule has 0 bridgehead atoms. The number of anilines is 1. The van der Waals surface area contributed by atoms with Gasteiger partial charge in [0.15, 0.2) is 0 Å². The molecule has 0 unspecified atom stereocenters. The van der Waals surface area contributed by atoms with Crippen LogP contribution in [0.4, 0.5) is 5.69 Å². The number of nitrogens with two attached hydrogens (primary N) is 1. The third kappa shape index (κ3) is 2.15. The molecule has 1 rings (SSSR count). The normalized spacial score (nSPS) is 10.2. The van der Waals surface area contributed by atoms with E-state index in [1.807, 2.05) is 19.1 Å². The maximum absolute atomic E-state index is 5.88. The minimum Gasteiger partial charge on any atom is -0.398 e. The van der Waals surface area contributed by atoms with Crippen LogP contribution in [-0.2, 0) is 6.42 Å². The Morgan fingerprint density at radius 3 is 2.83 bits per heavy atom. The maximum Gasteiger partial charge on any atom is 0.0376 e. The molecule has 0 atom stereocenters. The van der Waals surface area contributed by atoms with Crippen molar-refractivity contribution >= 4 is 17.3 Å². The fraction of sp³-hybridized carbons (Fsp3) is 0.400. The largest absolute Gasteiger partial charge is 0.398 e. The minimum atomic E-state index is 0.702. The zero-order valence-corrected chi connectivity index (χ0v) is 8.06. The first-order valence-corrected chi connectivity index (χ1v) is 4.69. The lowest BCUT2D eigenvalue weighted by atomic mass is 10.0. The highest BCUT2D eigenvalue weighted by atomic mass is 35.5. The van der Waals surface area contributed by atoms with Crippen molar-refractivity contribution in [3.8, 4) is 0 Å². The second kappa shape index (κ2) is 4.36. The summed E-state index contributed by atoms with van der Waals surface area (Å²) in [5.74, 6) is 0.702. The van der Waals surface area contributed by atoms with E-state index >= 15 is 0 Å². The first-order chi connectivity index (χ1) is 5.75. The van der Waals surface area contributed by atoms with Gasteiger partial charge in [-0.25, -0.2) is 0 Å². The van der Waals surface area contributed by atoms with Crippen molar-refractivity contribution in [2.24, 2.45) is 0 Å². The summed E-state index contributed by atoms with van der Waals surface area (Å²) in [6, 6.07) is 6.13. The van der Waals surface area contributed by atoms with Crippen molar-refractivity contribution in [1.82, 2.24) is 0 Å². The highest BCUT2D eigenvalue weighted by molar-refractivity contribution is 6.17. The van der Waals surface area contributed by atoms with E-state index in [1.54, 1.807) is 0 Å². The van der Waals surface area contributed by atoms with Crippen molar-refractivity contribution in [1.29, 1.82) is 0 Å². The zero-order valence-electron chi connectivity index (χ0n) is 7.31. The molecule has 0 fully saturated rings. The Labute approximate surface area is 78.5 Å². The predicted octanol–water partition coefficient (Wildman–Crippen LogP) is 2.75. The summed E-state index contributed by atoms with van der Waals surface area (Å²) in [6.07, 6.45) is 1.98. The van der Waals surface area contributed by atoms with E-state index in [-0.39, 0.29) is 0 Å². The summed E-state index contributed by atoms with van der Waals surface area (Å²) in [4.78, 5) is 0. The molecular formula is C10H14ClN. The predicted molar refractivity (Wildman–Crippen MR) is 54.6 cm³/mol. The summed E-state index contributed by atoms with van der Waals surface area (Å²) >= 11 is 5.60. The maximum atomic E-state index is 5.88. The minimum absolute atomic E-state index is 0.702. The first-order valence-electron chi connectivity index (χ1n) is 4.15. The van der Waals surface area contributed by atoms with Crippen LogP contribution in [-0.4, -0.2) is 5.88 Å². The molecule has 66 valence electrons. The van der Waals surface area contributed by atoms with Crippen molar-refractivity contribution < 1.29 is 0 Å². The zero-order chi connectivity index (χ0) is 8.97. The Hall–Kier alpha value is -0.690. The van der Waals surface area contributed by atoms with E-state index in [9.17, 15) is 0 Å². The Kier molecular flexibility index (Phi) is 3.42. The molecule has 1 aromatic rings. The molecule has 0 aliphatic rings. The number of hydrogen-bond acceptors (Lipinski definition) is 1. The van der Waals surface area contributed by atoms with Gasteiger partial charge in [0.1, 0.15) is 0 Å². The van der Waals surface area contributed by atoms with Crippen LogP contribution in [0.2, 0.25) is 0 Å². The van der Waals surface area contributed by atoms with Gasteiger partial charge in [0.2, 0.25) is 0 Å². The Bertz CT molecular complexity index is 258. The van der Waals surface area contributed by atoms with Crippen molar-refractivity contribution in [3.05, 3.63) is 29.3 Å². The van der Waals surface area contributed by atoms with E-state index in [2.05, 4.69) is 6.07 Å². The van der Waals surface area contributed by atoms with E-state index in [0.717, 1.165) is 24.1 Å². The Morgan fingerprint density at radius 1 is 1.42 bits per heavy atom. The summed E-state index contributed by atoms with van der Waals surface area (Å²) in [5.41, 5.74) is 9.17. The molecule has 0 aromatic heterocycles. The van der Waals surface area contributed by atoms with Crippen molar-refractivity contribution in [2.75, 3.05) is 11.6 Å². The van der Waals surface area contributed by atoms with Crippen LogP contribution < -0.4 is 5.73 Å². The van der Waals surface area contributed by atoms with Gasteiger partial charge in [0, 0.05) is 11.6 Å². The molecular weight excluding hydrogens is 170 g/mol. The van der Waals surface area contributed by atoms with Crippen LogP contribution >= 0.6 is 11.6 Å². The van der Waals surface area contributed by atoms with E-state index in [1.165, 1.54) is 5.56 Å². The number of para-hydroxylation sites is 1. The summed E-state index contributed by atoms with van der Waals surface area (Å²) in [6.45, 7) is 2.03. The fourth-order valence-corrected chi connectivity index (χ4v) is 1.35. The van der Waals surface area contributed by atoms with Crippen molar-refractivity contribution in [2.45, 2.75) is 19.8 Å². The molecule has 0 aliphatic carbocycles. The molecule has 0 saturated heterocycles. The van der Waals surface area contributed by atoms with Crippen LogP contribution in [0.1, 0.15) is 17.5 Å². The van der Waals surface area contributed by atoms with Gasteiger partial charge in [-0.3, -0.25) is 0 Å². The fourth-order valence-electron chi connectivity index (χ4n) is 1.22. The highest BCUT2D eigenvalue weighted by Crippen LogP contribution is 2.17. The molecule has 1 aromatic carbocycles. The number of nitrogen functional groups attached to an aromatic ring is 1. The van der Waals surface area contributed by atoms with Crippen LogP contribution in [0.5, 0.6) is 0 Å². The highest BCUT2D eigenvalue weighted by Gasteiger charge is 1.99. The lowest BCUT2D eigenvalue weighted by Crippen LogP contribution is -1.97. The molecule has 12 heavy (non-hydrogen) atoms. The van der Waals surface area contributed by atoms with Gasteiger partial charge in [-0.05, 0) is 30.9 Å². The molecule has 1 nitrogen and oxygen atoms in total. The SMILES string of the molecule is Cc1cccc(CCCCl)c1N. The smallest absolute Gasteiger partial charge is 0.0376 e. The number of benzene rings is 1. The van der Waals surface area contributed by atoms with Gasteiger partial charge >= 0.3 is 0 Å². The molecule has 0 spiro atoms. The van der Waals surface area contributed by atoms with E-state index in [0.29, 0.717) is 5.88 Å². The first kappa shape index (κ1) is 9.40. The lowest BCUT2D eigenvalue weighted by molar-refractivity contribution is 0.930. The van der Waals surface area contributed by atoms with Crippen LogP contribution in [0.3, 0.4) is 0 Å². The number of rotatable bonds is 3. The van der Waals surface area contributed by atoms with Gasteiger partial charge in [-0.2, -0.15) is 0 Å². The molecule has 2 N–H and O–H groups in total. The average molecular weight is 184 g/mol. The number of aryl methyl sites for hydroxylation is 2. The molecule has 0 saturated carbocycles. The van der Waals surface area contributed by atoms with Crippen LogP contribution in [0.25, 0.3) is 0 Å². The van der Waals surface area contributed by atoms with Gasteiger partial charge in [0.05, 0.1) is 0 Å². The van der Waals surface area contributed by atoms with Gasteiger partial charge in [-0.15, -0.1) is 11.6 Å². The van der Waals surface area contributed by atoms with Crippen LogP contribution in [0, 0.1) is 6.92 Å². The van der Waals surface area contributed by atoms with Crippen molar-refractivity contribution in [3.63, 3.8) is 0 Å². The standard InChI is InChI=1S/C10H14ClN/c1-8-4-2-5-9(10(8)12)6-3-7-11/h2,4-5H,3,6-7,12H2,1H3. The summed E-state index contributed by atoms with van der Waals surface area (Å²) in [5, 5.41) is 0. The lowest BCUT2D eigenvalue weighted by Gasteiger charge is -2.06. The molecule has 2 heteroatoms. The van der Waals surface area contributed by atoms with Crippen LogP contribution in [0.15, 0.2) is 18.2 Å².